The van der Waals surface area contributed by atoms with E-state index in [1.807, 2.05) is 40.9 Å². The summed E-state index contributed by atoms with van der Waals surface area (Å²) in [7, 11) is 0. The van der Waals surface area contributed by atoms with Crippen molar-refractivity contribution in [2.45, 2.75) is 0 Å². The fourth-order valence-electron chi connectivity index (χ4n) is 9.25. The van der Waals surface area contributed by atoms with Gasteiger partial charge in [-0.05, 0) is 80.2 Å². The van der Waals surface area contributed by atoms with Crippen LogP contribution in [0.15, 0.2) is 179 Å². The zero-order valence-electron chi connectivity index (χ0n) is 29.8. The van der Waals surface area contributed by atoms with Crippen molar-refractivity contribution in [1.29, 1.82) is 0 Å². The Labute approximate surface area is 328 Å². The van der Waals surface area contributed by atoms with Gasteiger partial charge >= 0.3 is 0 Å². The predicted molar refractivity (Wildman–Crippen MR) is 241 cm³/mol. The number of furan rings is 2. The number of para-hydroxylation sites is 2. The van der Waals surface area contributed by atoms with Crippen molar-refractivity contribution in [2.24, 2.45) is 0 Å². The monoisotopic (exact) mass is 748 g/mol. The summed E-state index contributed by atoms with van der Waals surface area (Å²) in [6.45, 7) is 0. The van der Waals surface area contributed by atoms with Gasteiger partial charge in [-0.3, -0.25) is 0 Å². The lowest BCUT2D eigenvalue weighted by molar-refractivity contribution is 0.633. The van der Waals surface area contributed by atoms with Crippen LogP contribution in [0.25, 0.3) is 128 Å². The van der Waals surface area contributed by atoms with Crippen LogP contribution in [-0.4, -0.2) is 0 Å². The Balaban J connectivity index is 1.04. The lowest BCUT2D eigenvalue weighted by Crippen LogP contribution is -1.90. The van der Waals surface area contributed by atoms with E-state index < -0.39 is 0 Å². The second-order valence-corrected chi connectivity index (χ2v) is 16.8. The van der Waals surface area contributed by atoms with Gasteiger partial charge in [-0.2, -0.15) is 0 Å². The van der Waals surface area contributed by atoms with E-state index in [4.69, 9.17) is 8.83 Å². The molecule has 0 unspecified atom stereocenters. The molecule has 0 aliphatic rings. The Bertz CT molecular complexity index is 3710. The Morgan fingerprint density at radius 1 is 0.339 bits per heavy atom. The van der Waals surface area contributed by atoms with Crippen molar-refractivity contribution in [3.63, 3.8) is 0 Å². The number of rotatable bonds is 3. The first kappa shape index (κ1) is 30.6. The highest BCUT2D eigenvalue weighted by atomic mass is 32.1. The Kier molecular flexibility index (Phi) is 6.23. The second-order valence-electron chi connectivity index (χ2n) is 14.7. The van der Waals surface area contributed by atoms with E-state index in [1.54, 1.807) is 0 Å². The van der Waals surface area contributed by atoms with Gasteiger partial charge in [-0.25, -0.2) is 0 Å². The molecule has 2 nitrogen and oxygen atoms in total. The molecule has 0 bridgehead atoms. The van der Waals surface area contributed by atoms with Crippen molar-refractivity contribution in [3.05, 3.63) is 170 Å². The van der Waals surface area contributed by atoms with Crippen molar-refractivity contribution < 1.29 is 8.83 Å². The summed E-state index contributed by atoms with van der Waals surface area (Å²) in [6.07, 6.45) is 0. The maximum Gasteiger partial charge on any atom is 0.179 e. The maximum atomic E-state index is 6.58. The Morgan fingerprint density at radius 3 is 1.66 bits per heavy atom. The molecule has 0 saturated heterocycles. The lowest BCUT2D eigenvalue weighted by Gasteiger charge is -2.17. The van der Waals surface area contributed by atoms with Crippen LogP contribution in [-0.2, 0) is 0 Å². The number of thiophene rings is 2. The van der Waals surface area contributed by atoms with Crippen LogP contribution in [0.3, 0.4) is 0 Å². The van der Waals surface area contributed by atoms with E-state index in [0.717, 1.165) is 43.9 Å². The van der Waals surface area contributed by atoms with Gasteiger partial charge in [0.15, 0.2) is 11.2 Å². The molecule has 56 heavy (non-hydrogen) atoms. The van der Waals surface area contributed by atoms with E-state index in [1.165, 1.54) is 84.5 Å². The third-order valence-corrected chi connectivity index (χ3v) is 14.0. The first-order valence-corrected chi connectivity index (χ1v) is 20.5. The molecule has 9 aromatic carbocycles. The van der Waals surface area contributed by atoms with Gasteiger partial charge in [0.25, 0.3) is 0 Å². The summed E-state index contributed by atoms with van der Waals surface area (Å²) in [5.41, 5.74) is 9.60. The molecule has 4 heteroatoms. The largest absolute Gasteiger partial charge is 0.452 e. The fraction of sp³-hybridized carbons (Fsp3) is 0. The van der Waals surface area contributed by atoms with Gasteiger partial charge in [0.05, 0.1) is 0 Å². The van der Waals surface area contributed by atoms with Crippen molar-refractivity contribution in [1.82, 2.24) is 0 Å². The molecule has 0 saturated carbocycles. The van der Waals surface area contributed by atoms with Gasteiger partial charge in [0.2, 0.25) is 0 Å². The van der Waals surface area contributed by atoms with E-state index in [-0.39, 0.29) is 0 Å². The van der Waals surface area contributed by atoms with Crippen LogP contribution in [0.4, 0.5) is 0 Å². The van der Waals surface area contributed by atoms with Crippen LogP contribution >= 0.6 is 22.7 Å². The van der Waals surface area contributed by atoms with E-state index in [2.05, 4.69) is 152 Å². The van der Waals surface area contributed by atoms with Crippen molar-refractivity contribution >= 4 is 118 Å². The molecule has 0 atom stereocenters. The normalized spacial score (nSPS) is 12.3. The quantitative estimate of drug-likeness (QED) is 0.168. The molecule has 0 radical (unpaired) electrons. The van der Waals surface area contributed by atoms with Crippen molar-refractivity contribution in [2.75, 3.05) is 0 Å². The first-order chi connectivity index (χ1) is 27.8. The molecule has 0 N–H and O–H groups in total. The molecule has 13 aromatic rings. The summed E-state index contributed by atoms with van der Waals surface area (Å²) in [4.78, 5) is 1.23. The van der Waals surface area contributed by atoms with Gasteiger partial charge in [0, 0.05) is 62.2 Å². The molecule has 13 rings (SSSR count). The summed E-state index contributed by atoms with van der Waals surface area (Å²) in [5.74, 6) is 0. The zero-order chi connectivity index (χ0) is 36.5. The van der Waals surface area contributed by atoms with Crippen LogP contribution in [0.1, 0.15) is 0 Å². The lowest BCUT2D eigenvalue weighted by atomic mass is 9.86. The average Bonchev–Trinajstić information content (AvgIpc) is 4.04. The number of fused-ring (bicyclic) bond motifs is 14. The van der Waals surface area contributed by atoms with E-state index in [9.17, 15) is 0 Å². The van der Waals surface area contributed by atoms with Gasteiger partial charge in [0.1, 0.15) is 11.2 Å². The molecule has 4 heterocycles. The van der Waals surface area contributed by atoms with Gasteiger partial charge in [-0.1, -0.05) is 133 Å². The minimum Gasteiger partial charge on any atom is -0.452 e. The second kappa shape index (κ2) is 11.4. The van der Waals surface area contributed by atoms with Gasteiger partial charge in [-0.15, -0.1) is 22.7 Å². The standard InChI is InChI=1S/C52H28O2S2/c1-2-12-29(13-3-1)47-33-15-4-6-17-35(33)48(36-18-7-5-16-34(36)47)30-22-23-32-37-24-25-44-41(52(37)56-45(32)26-30)28-46(55-44)40-27-39-31-14-8-10-20-42(31)53-50(39)51-49(40)38-19-9-11-21-43(38)54-51/h1-28H. The highest BCUT2D eigenvalue weighted by molar-refractivity contribution is 7.28. The maximum absolute atomic E-state index is 6.58. The summed E-state index contributed by atoms with van der Waals surface area (Å²) < 4.78 is 17.0. The molecule has 0 aliphatic heterocycles. The SMILES string of the molecule is c1ccc(-c2c3ccccc3c(-c3ccc4c(c3)sc3c5cc(-c6cc7c8ccccc8oc7c7oc8ccccc8c67)sc5ccc43)c3ccccc23)cc1. The minimum atomic E-state index is 0.806. The summed E-state index contributed by atoms with van der Waals surface area (Å²) >= 11 is 3.76. The highest BCUT2D eigenvalue weighted by Gasteiger charge is 2.23. The molecule has 0 spiro atoms. The molecular formula is C52H28O2S2. The minimum absolute atomic E-state index is 0.806. The van der Waals surface area contributed by atoms with Gasteiger partial charge < -0.3 is 8.83 Å². The molecule has 0 amide bonds. The van der Waals surface area contributed by atoms with Crippen LogP contribution < -0.4 is 0 Å². The number of benzene rings is 9. The van der Waals surface area contributed by atoms with Crippen LogP contribution in [0.2, 0.25) is 0 Å². The van der Waals surface area contributed by atoms with Crippen molar-refractivity contribution in [3.8, 4) is 32.7 Å². The van der Waals surface area contributed by atoms with Crippen LogP contribution in [0, 0.1) is 0 Å². The molecule has 260 valence electrons. The topological polar surface area (TPSA) is 26.3 Å². The molecule has 0 fully saturated rings. The number of hydrogen-bond acceptors (Lipinski definition) is 4. The smallest absolute Gasteiger partial charge is 0.179 e. The summed E-state index contributed by atoms with van der Waals surface area (Å²) in [5, 5.41) is 13.4. The molecule has 4 aromatic heterocycles. The van der Waals surface area contributed by atoms with E-state index in [0.29, 0.717) is 0 Å². The fourth-order valence-corrected chi connectivity index (χ4v) is 11.7. The third kappa shape index (κ3) is 4.20. The first-order valence-electron chi connectivity index (χ1n) is 18.9. The molecular weight excluding hydrogens is 721 g/mol. The van der Waals surface area contributed by atoms with E-state index >= 15 is 0 Å². The highest BCUT2D eigenvalue weighted by Crippen LogP contribution is 2.50. The zero-order valence-corrected chi connectivity index (χ0v) is 31.4. The Morgan fingerprint density at radius 2 is 0.929 bits per heavy atom. The third-order valence-electron chi connectivity index (χ3n) is 11.7. The number of hydrogen-bond donors (Lipinski definition) is 0. The van der Waals surface area contributed by atoms with Crippen LogP contribution in [0.5, 0.6) is 0 Å². The summed E-state index contributed by atoms with van der Waals surface area (Å²) in [6, 6.07) is 61.7. The predicted octanol–water partition coefficient (Wildman–Crippen LogP) is 16.4. The Hall–Kier alpha value is -6.72. The average molecular weight is 749 g/mol. The molecule has 0 aliphatic carbocycles.